The van der Waals surface area contributed by atoms with Crippen LogP contribution in [-0.2, 0) is 4.84 Å². The fourth-order valence-corrected chi connectivity index (χ4v) is 1.51. The Bertz CT molecular complexity index is 439. The number of oxime groups is 1. The number of pyridine rings is 1. The summed E-state index contributed by atoms with van der Waals surface area (Å²) in [5.41, 5.74) is 2.86. The van der Waals surface area contributed by atoms with Gasteiger partial charge in [-0.1, -0.05) is 35.5 Å². The summed E-state index contributed by atoms with van der Waals surface area (Å²) in [5, 5.41) is 4.17. The highest BCUT2D eigenvalue weighted by molar-refractivity contribution is 6.12. The van der Waals surface area contributed by atoms with E-state index in [1.807, 2.05) is 49.4 Å². The van der Waals surface area contributed by atoms with Gasteiger partial charge < -0.3 is 4.84 Å². The first-order valence-corrected chi connectivity index (χ1v) is 5.57. The zero-order chi connectivity index (χ0) is 11.9. The van der Waals surface area contributed by atoms with Gasteiger partial charge in [0.2, 0.25) is 0 Å². The van der Waals surface area contributed by atoms with Crippen LogP contribution in [0.15, 0.2) is 60.0 Å². The second-order valence-electron chi connectivity index (χ2n) is 3.46. The molecule has 0 saturated carbocycles. The lowest BCUT2D eigenvalue weighted by Gasteiger charge is -2.06. The topological polar surface area (TPSA) is 34.5 Å². The van der Waals surface area contributed by atoms with Gasteiger partial charge in [-0.25, -0.2) is 0 Å². The van der Waals surface area contributed by atoms with E-state index in [4.69, 9.17) is 4.84 Å². The van der Waals surface area contributed by atoms with Gasteiger partial charge in [0.25, 0.3) is 0 Å². The third-order valence-electron chi connectivity index (χ3n) is 2.29. The standard InChI is InChI=1S/C14H14N2O/c1-2-17-16-14(12-6-4-3-5-7-12)13-8-10-15-11-9-13/h3-11H,2H2,1H3/b16-14-. The minimum absolute atomic E-state index is 0.557. The molecule has 3 heteroatoms. The van der Waals surface area contributed by atoms with Crippen molar-refractivity contribution in [3.63, 3.8) is 0 Å². The van der Waals surface area contributed by atoms with E-state index in [9.17, 15) is 0 Å². The first-order chi connectivity index (χ1) is 8.42. The number of benzene rings is 1. The predicted molar refractivity (Wildman–Crippen MR) is 67.9 cm³/mol. The molecule has 2 rings (SSSR count). The monoisotopic (exact) mass is 226 g/mol. The van der Waals surface area contributed by atoms with E-state index in [-0.39, 0.29) is 0 Å². The minimum atomic E-state index is 0.557. The van der Waals surface area contributed by atoms with Crippen LogP contribution < -0.4 is 0 Å². The molecule has 17 heavy (non-hydrogen) atoms. The minimum Gasteiger partial charge on any atom is -0.396 e. The molecule has 0 radical (unpaired) electrons. The van der Waals surface area contributed by atoms with Gasteiger partial charge in [0, 0.05) is 23.5 Å². The van der Waals surface area contributed by atoms with Crippen LogP contribution in [0.4, 0.5) is 0 Å². The maximum absolute atomic E-state index is 5.17. The summed E-state index contributed by atoms with van der Waals surface area (Å²) in [6, 6.07) is 13.8. The SMILES string of the molecule is CCO/N=C(/c1ccccc1)c1ccncc1. The van der Waals surface area contributed by atoms with Crippen molar-refractivity contribution in [2.24, 2.45) is 5.16 Å². The Morgan fingerprint density at radius 1 is 1.06 bits per heavy atom. The maximum Gasteiger partial charge on any atom is 0.117 e. The largest absolute Gasteiger partial charge is 0.396 e. The Labute approximate surface area is 101 Å². The molecule has 1 aromatic carbocycles. The molecule has 86 valence electrons. The Morgan fingerprint density at radius 2 is 1.71 bits per heavy atom. The van der Waals surface area contributed by atoms with Crippen molar-refractivity contribution in [2.75, 3.05) is 6.61 Å². The normalized spacial score (nSPS) is 11.2. The summed E-state index contributed by atoms with van der Waals surface area (Å²) < 4.78 is 0. The van der Waals surface area contributed by atoms with Crippen LogP contribution in [-0.4, -0.2) is 17.3 Å². The number of hydrogen-bond acceptors (Lipinski definition) is 3. The molecular formula is C14H14N2O. The molecule has 1 heterocycles. The molecule has 1 aromatic heterocycles. The van der Waals surface area contributed by atoms with Crippen LogP contribution >= 0.6 is 0 Å². The smallest absolute Gasteiger partial charge is 0.117 e. The van der Waals surface area contributed by atoms with Gasteiger partial charge in [-0.3, -0.25) is 4.98 Å². The van der Waals surface area contributed by atoms with E-state index < -0.39 is 0 Å². The molecule has 0 unspecified atom stereocenters. The van der Waals surface area contributed by atoms with Crippen molar-refractivity contribution in [2.45, 2.75) is 6.92 Å². The van der Waals surface area contributed by atoms with Crippen molar-refractivity contribution >= 4 is 5.71 Å². The van der Waals surface area contributed by atoms with Crippen LogP contribution in [0.25, 0.3) is 0 Å². The fraction of sp³-hybridized carbons (Fsp3) is 0.143. The van der Waals surface area contributed by atoms with Gasteiger partial charge in [-0.2, -0.15) is 0 Å². The molecule has 0 bridgehead atoms. The zero-order valence-electron chi connectivity index (χ0n) is 9.71. The number of hydrogen-bond donors (Lipinski definition) is 0. The van der Waals surface area contributed by atoms with E-state index in [2.05, 4.69) is 10.1 Å². The summed E-state index contributed by atoms with van der Waals surface area (Å²) in [6.45, 7) is 2.47. The number of rotatable bonds is 4. The molecule has 0 aliphatic carbocycles. The molecule has 2 aromatic rings. The summed E-state index contributed by atoms with van der Waals surface area (Å²) >= 11 is 0. The van der Waals surface area contributed by atoms with Crippen LogP contribution in [0.5, 0.6) is 0 Å². The summed E-state index contributed by atoms with van der Waals surface area (Å²) in [4.78, 5) is 9.18. The van der Waals surface area contributed by atoms with Gasteiger partial charge >= 0.3 is 0 Å². The Kier molecular flexibility index (Phi) is 3.86. The van der Waals surface area contributed by atoms with Crippen LogP contribution in [0.2, 0.25) is 0 Å². The fourth-order valence-electron chi connectivity index (χ4n) is 1.51. The van der Waals surface area contributed by atoms with Crippen molar-refractivity contribution in [1.82, 2.24) is 4.98 Å². The maximum atomic E-state index is 5.17. The van der Waals surface area contributed by atoms with Gasteiger partial charge in [-0.05, 0) is 19.1 Å². The van der Waals surface area contributed by atoms with Crippen LogP contribution in [0.1, 0.15) is 18.1 Å². The first-order valence-electron chi connectivity index (χ1n) is 5.57. The lowest BCUT2D eigenvalue weighted by Crippen LogP contribution is -2.04. The highest BCUT2D eigenvalue weighted by atomic mass is 16.6. The number of nitrogens with zero attached hydrogens (tertiary/aromatic N) is 2. The molecule has 0 fully saturated rings. The van der Waals surface area contributed by atoms with Crippen molar-refractivity contribution < 1.29 is 4.84 Å². The zero-order valence-corrected chi connectivity index (χ0v) is 9.71. The average molecular weight is 226 g/mol. The van der Waals surface area contributed by atoms with Crippen molar-refractivity contribution in [1.29, 1.82) is 0 Å². The molecule has 0 aliphatic rings. The summed E-state index contributed by atoms with van der Waals surface area (Å²) in [6.07, 6.45) is 3.50. The molecule has 0 amide bonds. The Morgan fingerprint density at radius 3 is 2.35 bits per heavy atom. The highest BCUT2D eigenvalue weighted by Crippen LogP contribution is 2.10. The molecule has 0 atom stereocenters. The lowest BCUT2D eigenvalue weighted by atomic mass is 10.0. The van der Waals surface area contributed by atoms with E-state index in [0.29, 0.717) is 6.61 Å². The third-order valence-corrected chi connectivity index (χ3v) is 2.29. The molecule has 0 aliphatic heterocycles. The van der Waals surface area contributed by atoms with Gasteiger partial charge in [0.1, 0.15) is 12.3 Å². The van der Waals surface area contributed by atoms with Gasteiger partial charge in [-0.15, -0.1) is 0 Å². The lowest BCUT2D eigenvalue weighted by molar-refractivity contribution is 0.159. The Balaban J connectivity index is 2.40. The van der Waals surface area contributed by atoms with Crippen molar-refractivity contribution in [3.8, 4) is 0 Å². The highest BCUT2D eigenvalue weighted by Gasteiger charge is 2.06. The second kappa shape index (κ2) is 5.80. The third kappa shape index (κ3) is 2.91. The summed E-state index contributed by atoms with van der Waals surface area (Å²) in [5.74, 6) is 0. The van der Waals surface area contributed by atoms with Gasteiger partial charge in [0.05, 0.1) is 0 Å². The quantitative estimate of drug-likeness (QED) is 0.593. The molecule has 0 spiro atoms. The van der Waals surface area contributed by atoms with E-state index in [0.717, 1.165) is 16.8 Å². The van der Waals surface area contributed by atoms with Crippen LogP contribution in [0, 0.1) is 0 Å². The van der Waals surface area contributed by atoms with E-state index in [1.165, 1.54) is 0 Å². The number of aromatic nitrogens is 1. The summed E-state index contributed by atoms with van der Waals surface area (Å²) in [7, 11) is 0. The second-order valence-corrected chi connectivity index (χ2v) is 3.46. The van der Waals surface area contributed by atoms with E-state index in [1.54, 1.807) is 12.4 Å². The molecule has 0 N–H and O–H groups in total. The first kappa shape index (κ1) is 11.3. The van der Waals surface area contributed by atoms with E-state index >= 15 is 0 Å². The van der Waals surface area contributed by atoms with Crippen LogP contribution in [0.3, 0.4) is 0 Å². The molecule has 3 nitrogen and oxygen atoms in total. The molecular weight excluding hydrogens is 212 g/mol. The predicted octanol–water partition coefficient (Wildman–Crippen LogP) is 2.87. The average Bonchev–Trinajstić information content (AvgIpc) is 2.42. The van der Waals surface area contributed by atoms with Gasteiger partial charge in [0.15, 0.2) is 0 Å². The Hall–Kier alpha value is -2.16. The van der Waals surface area contributed by atoms with Crippen molar-refractivity contribution in [3.05, 3.63) is 66.0 Å². The molecule has 0 saturated heterocycles.